The monoisotopic (exact) mass is 383 g/mol. The Kier molecular flexibility index (Phi) is 7.28. The van der Waals surface area contributed by atoms with Crippen LogP contribution in [0.2, 0.25) is 0 Å². The molecule has 0 amide bonds. The van der Waals surface area contributed by atoms with Gasteiger partial charge < -0.3 is 10.6 Å². The number of aliphatic imine (C=N–C) groups is 1. The number of aromatic nitrogens is 2. The minimum atomic E-state index is 0.198. The van der Waals surface area contributed by atoms with Crippen LogP contribution in [0.1, 0.15) is 55.8 Å². The number of hydrogen-bond donors (Lipinski definition) is 2. The van der Waals surface area contributed by atoms with Gasteiger partial charge in [0.15, 0.2) is 5.96 Å². The fourth-order valence-electron chi connectivity index (χ4n) is 3.39. The van der Waals surface area contributed by atoms with Gasteiger partial charge in [-0.25, -0.2) is 0 Å². The van der Waals surface area contributed by atoms with E-state index >= 15 is 0 Å². The molecule has 0 spiro atoms. The van der Waals surface area contributed by atoms with Gasteiger partial charge in [-0.15, -0.1) is 0 Å². The van der Waals surface area contributed by atoms with Crippen molar-refractivity contribution in [1.29, 1.82) is 0 Å². The highest BCUT2D eigenvalue weighted by Gasteiger charge is 2.14. The zero-order valence-electron chi connectivity index (χ0n) is 18.8. The fraction of sp³-hybridized carbons (Fsp3) is 0.565. The zero-order chi connectivity index (χ0) is 20.9. The zero-order valence-corrected chi connectivity index (χ0v) is 18.8. The van der Waals surface area contributed by atoms with Crippen LogP contribution in [0.15, 0.2) is 29.3 Å². The van der Waals surface area contributed by atoms with E-state index in [2.05, 4.69) is 86.5 Å². The Morgan fingerprint density at radius 3 is 2.32 bits per heavy atom. The summed E-state index contributed by atoms with van der Waals surface area (Å²) in [5, 5.41) is 11.4. The number of guanidine groups is 1. The highest BCUT2D eigenvalue weighted by atomic mass is 15.3. The minimum Gasteiger partial charge on any atom is -0.356 e. The number of nitrogens with zero attached hydrogens (tertiary/aromatic N) is 3. The number of aryl methyl sites for hydroxylation is 2. The molecule has 1 aromatic carbocycles. The van der Waals surface area contributed by atoms with Crippen LogP contribution in [0.3, 0.4) is 0 Å². The average molecular weight is 384 g/mol. The van der Waals surface area contributed by atoms with Crippen molar-refractivity contribution in [2.75, 3.05) is 13.6 Å². The molecule has 0 saturated heterocycles. The van der Waals surface area contributed by atoms with Crippen LogP contribution in [0.5, 0.6) is 0 Å². The van der Waals surface area contributed by atoms with E-state index in [0.717, 1.165) is 31.0 Å². The Bertz CT molecular complexity index is 794. The summed E-state index contributed by atoms with van der Waals surface area (Å²) in [6.07, 6.45) is 1.90. The predicted octanol–water partition coefficient (Wildman–Crippen LogP) is 3.67. The van der Waals surface area contributed by atoms with Crippen LogP contribution in [0.4, 0.5) is 0 Å². The third-order valence-corrected chi connectivity index (χ3v) is 5.30. The molecule has 1 aromatic heterocycles. The summed E-state index contributed by atoms with van der Waals surface area (Å²) in [6.45, 7) is 14.0. The molecule has 1 unspecified atom stereocenters. The van der Waals surface area contributed by atoms with Gasteiger partial charge in [0.1, 0.15) is 0 Å². The van der Waals surface area contributed by atoms with Crippen molar-refractivity contribution in [1.82, 2.24) is 20.4 Å². The van der Waals surface area contributed by atoms with E-state index in [0.29, 0.717) is 0 Å². The Hall–Kier alpha value is -2.30. The van der Waals surface area contributed by atoms with Gasteiger partial charge in [-0.1, -0.05) is 45.0 Å². The first-order valence-corrected chi connectivity index (χ1v) is 10.2. The topological polar surface area (TPSA) is 54.2 Å². The molecule has 0 aliphatic carbocycles. The number of nitrogens with one attached hydrogen (secondary N) is 2. The van der Waals surface area contributed by atoms with E-state index in [9.17, 15) is 0 Å². The van der Waals surface area contributed by atoms with Crippen molar-refractivity contribution in [2.24, 2.45) is 12.0 Å². The molecule has 0 fully saturated rings. The van der Waals surface area contributed by atoms with Crippen molar-refractivity contribution >= 4 is 5.96 Å². The minimum absolute atomic E-state index is 0.198. The SMILES string of the molecule is CN=C(NCCc1ccc(C(C)(C)C)cc1)NC(C)Cc1c(C)nn(C)c1C. The molecule has 0 aliphatic heterocycles. The molecule has 0 bridgehead atoms. The molecule has 1 atom stereocenters. The molecule has 2 N–H and O–H groups in total. The molecular weight excluding hydrogens is 346 g/mol. The van der Waals surface area contributed by atoms with Gasteiger partial charge in [0.25, 0.3) is 0 Å². The maximum atomic E-state index is 4.51. The molecule has 2 rings (SSSR count). The highest BCUT2D eigenvalue weighted by Crippen LogP contribution is 2.22. The average Bonchev–Trinajstić information content (AvgIpc) is 2.86. The van der Waals surface area contributed by atoms with Crippen LogP contribution >= 0.6 is 0 Å². The molecule has 0 radical (unpaired) electrons. The van der Waals surface area contributed by atoms with Crippen molar-refractivity contribution < 1.29 is 0 Å². The van der Waals surface area contributed by atoms with Gasteiger partial charge in [0.05, 0.1) is 5.69 Å². The van der Waals surface area contributed by atoms with E-state index < -0.39 is 0 Å². The first-order chi connectivity index (χ1) is 13.1. The van der Waals surface area contributed by atoms with Crippen LogP contribution in [0.25, 0.3) is 0 Å². The maximum absolute atomic E-state index is 4.51. The Labute approximate surface area is 170 Å². The van der Waals surface area contributed by atoms with Gasteiger partial charge in [-0.05, 0) is 55.7 Å². The van der Waals surface area contributed by atoms with Gasteiger partial charge in [-0.2, -0.15) is 5.10 Å². The van der Waals surface area contributed by atoms with E-state index in [1.807, 2.05) is 18.8 Å². The van der Waals surface area contributed by atoms with Gasteiger partial charge >= 0.3 is 0 Å². The fourth-order valence-corrected chi connectivity index (χ4v) is 3.39. The summed E-state index contributed by atoms with van der Waals surface area (Å²) in [5.41, 5.74) is 6.56. The molecular formula is C23H37N5. The largest absolute Gasteiger partial charge is 0.356 e. The summed E-state index contributed by atoms with van der Waals surface area (Å²) in [6, 6.07) is 9.22. The first kappa shape index (κ1) is 22.0. The van der Waals surface area contributed by atoms with Crippen molar-refractivity contribution in [3.63, 3.8) is 0 Å². The van der Waals surface area contributed by atoms with E-state index in [1.165, 1.54) is 22.4 Å². The molecule has 154 valence electrons. The highest BCUT2D eigenvalue weighted by molar-refractivity contribution is 5.79. The lowest BCUT2D eigenvalue weighted by Gasteiger charge is -2.20. The van der Waals surface area contributed by atoms with E-state index in [-0.39, 0.29) is 11.5 Å². The molecule has 2 aromatic rings. The third kappa shape index (κ3) is 5.85. The third-order valence-electron chi connectivity index (χ3n) is 5.30. The van der Waals surface area contributed by atoms with Crippen LogP contribution in [0, 0.1) is 13.8 Å². The normalized spacial score (nSPS) is 13.5. The molecule has 5 heteroatoms. The van der Waals surface area contributed by atoms with Gasteiger partial charge in [0, 0.05) is 32.4 Å². The quantitative estimate of drug-likeness (QED) is 0.591. The van der Waals surface area contributed by atoms with Crippen LogP contribution < -0.4 is 10.6 Å². The maximum Gasteiger partial charge on any atom is 0.191 e. The summed E-state index contributed by atoms with van der Waals surface area (Å²) >= 11 is 0. The van der Waals surface area contributed by atoms with Gasteiger partial charge in [-0.3, -0.25) is 9.67 Å². The number of benzene rings is 1. The Balaban J connectivity index is 1.84. The van der Waals surface area contributed by atoms with Crippen LogP contribution in [-0.4, -0.2) is 35.4 Å². The standard InChI is InChI=1S/C23H37N5/c1-16(15-21-17(2)27-28(8)18(21)3)26-22(24-7)25-14-13-19-9-11-20(12-10-19)23(4,5)6/h9-12,16H,13-15H2,1-8H3,(H2,24,25,26). The second-order valence-corrected chi connectivity index (χ2v) is 8.72. The molecule has 1 heterocycles. The first-order valence-electron chi connectivity index (χ1n) is 10.2. The Morgan fingerprint density at radius 2 is 1.82 bits per heavy atom. The van der Waals surface area contributed by atoms with Crippen molar-refractivity contribution in [3.05, 3.63) is 52.3 Å². The van der Waals surface area contributed by atoms with E-state index in [1.54, 1.807) is 0 Å². The lowest BCUT2D eigenvalue weighted by Crippen LogP contribution is -2.43. The molecule has 0 saturated carbocycles. The number of rotatable bonds is 6. The summed E-state index contributed by atoms with van der Waals surface area (Å²) in [4.78, 5) is 4.37. The Morgan fingerprint density at radius 1 is 1.18 bits per heavy atom. The predicted molar refractivity (Wildman–Crippen MR) is 119 cm³/mol. The van der Waals surface area contributed by atoms with E-state index in [4.69, 9.17) is 0 Å². The summed E-state index contributed by atoms with van der Waals surface area (Å²) in [5.74, 6) is 0.845. The van der Waals surface area contributed by atoms with Crippen LogP contribution in [-0.2, 0) is 25.3 Å². The second-order valence-electron chi connectivity index (χ2n) is 8.72. The molecule has 0 aliphatic rings. The number of hydrogen-bond acceptors (Lipinski definition) is 2. The van der Waals surface area contributed by atoms with Gasteiger partial charge in [0.2, 0.25) is 0 Å². The van der Waals surface area contributed by atoms with Crippen molar-refractivity contribution in [2.45, 2.75) is 65.8 Å². The molecule has 5 nitrogen and oxygen atoms in total. The lowest BCUT2D eigenvalue weighted by molar-refractivity contribution is 0.590. The van der Waals surface area contributed by atoms with Crippen molar-refractivity contribution in [3.8, 4) is 0 Å². The summed E-state index contributed by atoms with van der Waals surface area (Å²) in [7, 11) is 3.82. The summed E-state index contributed by atoms with van der Waals surface area (Å²) < 4.78 is 1.95. The smallest absolute Gasteiger partial charge is 0.191 e. The molecule has 28 heavy (non-hydrogen) atoms. The second kappa shape index (κ2) is 9.26. The lowest BCUT2D eigenvalue weighted by atomic mass is 9.86.